The molecule has 74 valence electrons. The normalized spacial score (nSPS) is 21.8. The maximum atomic E-state index is 13.7. The molecule has 0 aliphatic heterocycles. The minimum absolute atomic E-state index is 0.461. The van der Waals surface area contributed by atoms with Crippen LogP contribution in [0.5, 0.6) is 0 Å². The summed E-state index contributed by atoms with van der Waals surface area (Å²) in [6, 6.07) is 4.02. The maximum Gasteiger partial charge on any atom is 0.131 e. The molecule has 1 aromatic heterocycles. The third-order valence-electron chi connectivity index (χ3n) is 2.18. The zero-order chi connectivity index (χ0) is 10.1. The number of halogens is 2. The van der Waals surface area contributed by atoms with Gasteiger partial charge in [0.15, 0.2) is 0 Å². The Balaban J connectivity index is 2.34. The van der Waals surface area contributed by atoms with Crippen LogP contribution in [0.3, 0.4) is 0 Å². The van der Waals surface area contributed by atoms with E-state index in [0.717, 1.165) is 14.9 Å². The van der Waals surface area contributed by atoms with Crippen LogP contribution in [0.4, 0.5) is 4.39 Å². The number of hydrogen-bond donors (Lipinski definition) is 0. The predicted molar refractivity (Wildman–Crippen MR) is 63.6 cm³/mol. The molecule has 0 N–H and O–H groups in total. The molecule has 14 heavy (non-hydrogen) atoms. The van der Waals surface area contributed by atoms with Gasteiger partial charge in [0.1, 0.15) is 6.17 Å². The second-order valence-corrected chi connectivity index (χ2v) is 5.62. The van der Waals surface area contributed by atoms with E-state index in [1.165, 1.54) is 4.88 Å². The van der Waals surface area contributed by atoms with E-state index in [9.17, 15) is 4.39 Å². The van der Waals surface area contributed by atoms with Crippen LogP contribution < -0.4 is 0 Å². The van der Waals surface area contributed by atoms with E-state index in [4.69, 9.17) is 0 Å². The lowest BCUT2D eigenvalue weighted by molar-refractivity contribution is 0.413. The van der Waals surface area contributed by atoms with Crippen molar-refractivity contribution in [3.05, 3.63) is 38.5 Å². The molecule has 0 bridgehead atoms. The van der Waals surface area contributed by atoms with Gasteiger partial charge in [-0.15, -0.1) is 11.3 Å². The van der Waals surface area contributed by atoms with Gasteiger partial charge >= 0.3 is 0 Å². The summed E-state index contributed by atoms with van der Waals surface area (Å²) in [6.45, 7) is 2.04. The van der Waals surface area contributed by atoms with E-state index in [0.29, 0.717) is 6.42 Å². The Hall–Kier alpha value is -0.410. The first-order valence-corrected chi connectivity index (χ1v) is 6.05. The minimum Gasteiger partial charge on any atom is -0.242 e. The third kappa shape index (κ3) is 1.98. The zero-order valence-electron chi connectivity index (χ0n) is 7.76. The summed E-state index contributed by atoms with van der Waals surface area (Å²) < 4.78 is 14.6. The molecule has 0 spiro atoms. The van der Waals surface area contributed by atoms with Gasteiger partial charge in [-0.3, -0.25) is 0 Å². The second kappa shape index (κ2) is 3.99. The Labute approximate surface area is 95.3 Å². The summed E-state index contributed by atoms with van der Waals surface area (Å²) in [5, 5.41) is 0. The first-order chi connectivity index (χ1) is 6.66. The molecular formula is C11H10BrFS. The van der Waals surface area contributed by atoms with Gasteiger partial charge in [0, 0.05) is 21.7 Å². The number of hydrogen-bond acceptors (Lipinski definition) is 1. The average molecular weight is 273 g/mol. The Morgan fingerprint density at radius 2 is 2.21 bits per heavy atom. The lowest BCUT2D eigenvalue weighted by atomic mass is 10.0. The van der Waals surface area contributed by atoms with E-state index in [-0.39, 0.29) is 0 Å². The first-order valence-electron chi connectivity index (χ1n) is 4.44. The molecule has 0 aromatic carbocycles. The van der Waals surface area contributed by atoms with E-state index in [2.05, 4.69) is 15.9 Å². The maximum absolute atomic E-state index is 13.7. The van der Waals surface area contributed by atoms with Crippen LogP contribution in [0.2, 0.25) is 0 Å². The lowest BCUT2D eigenvalue weighted by Gasteiger charge is -2.14. The van der Waals surface area contributed by atoms with Gasteiger partial charge in [0.05, 0.1) is 0 Å². The van der Waals surface area contributed by atoms with E-state index in [1.54, 1.807) is 11.3 Å². The number of alkyl halides is 1. The van der Waals surface area contributed by atoms with Crippen LogP contribution in [0.25, 0.3) is 5.57 Å². The number of thiophene rings is 1. The summed E-state index contributed by atoms with van der Waals surface area (Å²) in [7, 11) is 0. The Morgan fingerprint density at radius 3 is 2.79 bits per heavy atom. The standard InChI is InChI=1S/C11H10BrFS/c1-7-2-5-11(14-7)9-4-3-8(12)6-10(9)13/h2-5,10H,6H2,1H3. The molecule has 1 aliphatic rings. The molecular weight excluding hydrogens is 263 g/mol. The first kappa shape index (κ1) is 10.1. The second-order valence-electron chi connectivity index (χ2n) is 3.32. The molecule has 1 aromatic rings. The lowest BCUT2D eigenvalue weighted by Crippen LogP contribution is -2.05. The van der Waals surface area contributed by atoms with Gasteiger partial charge < -0.3 is 0 Å². The fraction of sp³-hybridized carbons (Fsp3) is 0.273. The van der Waals surface area contributed by atoms with E-state index >= 15 is 0 Å². The van der Waals surface area contributed by atoms with Gasteiger partial charge in [0.25, 0.3) is 0 Å². The highest BCUT2D eigenvalue weighted by atomic mass is 79.9. The quantitative estimate of drug-likeness (QED) is 0.708. The Bertz CT molecular complexity index is 403. The van der Waals surface area contributed by atoms with Crippen molar-refractivity contribution < 1.29 is 4.39 Å². The van der Waals surface area contributed by atoms with Crippen molar-refractivity contribution >= 4 is 32.8 Å². The van der Waals surface area contributed by atoms with Crippen molar-refractivity contribution in [1.82, 2.24) is 0 Å². The summed E-state index contributed by atoms with van der Waals surface area (Å²) >= 11 is 4.96. The van der Waals surface area contributed by atoms with Gasteiger partial charge in [0.2, 0.25) is 0 Å². The zero-order valence-corrected chi connectivity index (χ0v) is 10.2. The van der Waals surface area contributed by atoms with Crippen LogP contribution >= 0.6 is 27.3 Å². The van der Waals surface area contributed by atoms with Gasteiger partial charge in [-0.25, -0.2) is 4.39 Å². The van der Waals surface area contributed by atoms with Gasteiger partial charge in [-0.05, 0) is 23.5 Å². The summed E-state index contributed by atoms with van der Waals surface area (Å²) in [6.07, 6.45) is 3.39. The van der Waals surface area contributed by atoms with Crippen molar-refractivity contribution in [3.8, 4) is 0 Å². The van der Waals surface area contributed by atoms with E-state index in [1.807, 2.05) is 31.2 Å². The molecule has 2 rings (SSSR count). The Kier molecular flexibility index (Phi) is 2.88. The topological polar surface area (TPSA) is 0 Å². The molecule has 1 aliphatic carbocycles. The molecule has 0 fully saturated rings. The molecule has 1 heterocycles. The molecule has 0 saturated carbocycles. The molecule has 0 amide bonds. The van der Waals surface area contributed by atoms with Crippen LogP contribution in [0.15, 0.2) is 28.8 Å². The van der Waals surface area contributed by atoms with Gasteiger partial charge in [-0.1, -0.05) is 28.1 Å². The summed E-state index contributed by atoms with van der Waals surface area (Å²) in [5.74, 6) is 0. The highest BCUT2D eigenvalue weighted by Crippen LogP contribution is 2.34. The Morgan fingerprint density at radius 1 is 1.43 bits per heavy atom. The smallest absolute Gasteiger partial charge is 0.131 e. The number of aryl methyl sites for hydroxylation is 1. The monoisotopic (exact) mass is 272 g/mol. The van der Waals surface area contributed by atoms with Gasteiger partial charge in [-0.2, -0.15) is 0 Å². The minimum atomic E-state index is -0.868. The summed E-state index contributed by atoms with van der Waals surface area (Å²) in [5.41, 5.74) is 0.811. The molecule has 0 nitrogen and oxygen atoms in total. The predicted octanol–water partition coefficient (Wildman–Crippen LogP) is 4.46. The van der Waals surface area contributed by atoms with Crippen LogP contribution in [-0.2, 0) is 0 Å². The van der Waals surface area contributed by atoms with Crippen molar-refractivity contribution in [2.24, 2.45) is 0 Å². The number of allylic oxidation sites excluding steroid dienone is 4. The highest BCUT2D eigenvalue weighted by Gasteiger charge is 2.19. The van der Waals surface area contributed by atoms with Crippen LogP contribution in [0, 0.1) is 6.92 Å². The average Bonchev–Trinajstić information content (AvgIpc) is 2.51. The highest BCUT2D eigenvalue weighted by molar-refractivity contribution is 9.11. The SMILES string of the molecule is Cc1ccc(C2=CC=C(Br)CC2F)s1. The third-order valence-corrected chi connectivity index (χ3v) is 3.82. The van der Waals surface area contributed by atoms with E-state index < -0.39 is 6.17 Å². The number of rotatable bonds is 1. The molecule has 1 unspecified atom stereocenters. The van der Waals surface area contributed by atoms with Crippen molar-refractivity contribution in [2.75, 3.05) is 0 Å². The fourth-order valence-electron chi connectivity index (χ4n) is 1.46. The molecule has 1 atom stereocenters. The summed E-state index contributed by atoms with van der Waals surface area (Å²) in [4.78, 5) is 2.27. The molecule has 0 saturated heterocycles. The largest absolute Gasteiger partial charge is 0.242 e. The van der Waals surface area contributed by atoms with Crippen LogP contribution in [-0.4, -0.2) is 6.17 Å². The van der Waals surface area contributed by atoms with Crippen molar-refractivity contribution in [3.63, 3.8) is 0 Å². The van der Waals surface area contributed by atoms with Crippen molar-refractivity contribution in [2.45, 2.75) is 19.5 Å². The van der Waals surface area contributed by atoms with Crippen LogP contribution in [0.1, 0.15) is 16.2 Å². The van der Waals surface area contributed by atoms with Crippen molar-refractivity contribution in [1.29, 1.82) is 0 Å². The fourth-order valence-corrected chi connectivity index (χ4v) is 2.81. The molecule has 3 heteroatoms. The molecule has 0 radical (unpaired) electrons.